The number of hydrogen-bond donors (Lipinski definition) is 2. The summed E-state index contributed by atoms with van der Waals surface area (Å²) in [5.41, 5.74) is 1.08. The molecule has 2 N–H and O–H groups in total. The molecule has 0 fully saturated rings. The van der Waals surface area contributed by atoms with E-state index in [1.807, 2.05) is 17.5 Å². The lowest BCUT2D eigenvalue weighted by atomic mass is 10.3. The van der Waals surface area contributed by atoms with Gasteiger partial charge >= 0.3 is 0 Å². The standard InChI is InChI=1S/C14H20N4S/c1-3-5-12-17-13(15-7-4-2)9-14(18-12)16-11-6-8-19-10-11/h6,8-10H,3-5,7H2,1-2H3,(H2,15,16,17,18). The molecule has 2 heterocycles. The summed E-state index contributed by atoms with van der Waals surface area (Å²) in [5.74, 6) is 2.65. The number of anilines is 3. The monoisotopic (exact) mass is 276 g/mol. The van der Waals surface area contributed by atoms with E-state index in [1.54, 1.807) is 11.3 Å². The highest BCUT2D eigenvalue weighted by atomic mass is 32.1. The molecule has 0 aliphatic rings. The third kappa shape index (κ3) is 4.21. The molecule has 19 heavy (non-hydrogen) atoms. The Bertz CT molecular complexity index is 496. The van der Waals surface area contributed by atoms with Gasteiger partial charge in [-0.3, -0.25) is 0 Å². The van der Waals surface area contributed by atoms with Gasteiger partial charge in [0.15, 0.2) is 0 Å². The molecule has 0 spiro atoms. The van der Waals surface area contributed by atoms with Crippen molar-refractivity contribution in [1.82, 2.24) is 9.97 Å². The van der Waals surface area contributed by atoms with Gasteiger partial charge in [-0.25, -0.2) is 9.97 Å². The summed E-state index contributed by atoms with van der Waals surface area (Å²) in [7, 11) is 0. The van der Waals surface area contributed by atoms with Crippen molar-refractivity contribution in [3.05, 3.63) is 28.7 Å². The molecule has 0 bridgehead atoms. The zero-order valence-corrected chi connectivity index (χ0v) is 12.3. The molecule has 0 unspecified atom stereocenters. The van der Waals surface area contributed by atoms with Gasteiger partial charge in [-0.2, -0.15) is 11.3 Å². The Morgan fingerprint density at radius 3 is 2.68 bits per heavy atom. The van der Waals surface area contributed by atoms with Crippen LogP contribution in [0.3, 0.4) is 0 Å². The van der Waals surface area contributed by atoms with Crippen molar-refractivity contribution in [2.45, 2.75) is 33.1 Å². The molecule has 2 aromatic rings. The molecule has 0 radical (unpaired) electrons. The van der Waals surface area contributed by atoms with Crippen molar-refractivity contribution in [1.29, 1.82) is 0 Å². The number of nitrogens with one attached hydrogen (secondary N) is 2. The van der Waals surface area contributed by atoms with Crippen LogP contribution in [0.1, 0.15) is 32.5 Å². The van der Waals surface area contributed by atoms with Crippen LogP contribution >= 0.6 is 11.3 Å². The highest BCUT2D eigenvalue weighted by molar-refractivity contribution is 7.08. The first-order valence-electron chi connectivity index (χ1n) is 6.73. The van der Waals surface area contributed by atoms with Crippen LogP contribution in [0.2, 0.25) is 0 Å². The predicted molar refractivity (Wildman–Crippen MR) is 82.4 cm³/mol. The molecule has 0 aliphatic carbocycles. The first-order chi connectivity index (χ1) is 9.31. The summed E-state index contributed by atoms with van der Waals surface area (Å²) in [5, 5.41) is 10.8. The normalized spacial score (nSPS) is 10.4. The highest BCUT2D eigenvalue weighted by Crippen LogP contribution is 2.20. The lowest BCUT2D eigenvalue weighted by Gasteiger charge is -2.10. The number of nitrogens with zero attached hydrogens (tertiary/aromatic N) is 2. The Kier molecular flexibility index (Phi) is 5.15. The molecule has 0 aliphatic heterocycles. The molecule has 0 atom stereocenters. The molecule has 0 aromatic carbocycles. The number of rotatable bonds is 7. The molecule has 5 heteroatoms. The van der Waals surface area contributed by atoms with Crippen LogP contribution < -0.4 is 10.6 Å². The molecule has 102 valence electrons. The Hall–Kier alpha value is -1.62. The molecule has 2 rings (SSSR count). The maximum absolute atomic E-state index is 4.55. The van der Waals surface area contributed by atoms with Gasteiger partial charge < -0.3 is 10.6 Å². The van der Waals surface area contributed by atoms with E-state index in [-0.39, 0.29) is 0 Å². The van der Waals surface area contributed by atoms with Gasteiger partial charge in [0, 0.05) is 24.4 Å². The van der Waals surface area contributed by atoms with Crippen LogP contribution in [0, 0.1) is 0 Å². The van der Waals surface area contributed by atoms with Gasteiger partial charge in [-0.1, -0.05) is 13.8 Å². The molecular weight excluding hydrogens is 256 g/mol. The van der Waals surface area contributed by atoms with Crippen LogP contribution in [0.25, 0.3) is 0 Å². The van der Waals surface area contributed by atoms with E-state index in [1.165, 1.54) is 0 Å². The van der Waals surface area contributed by atoms with E-state index in [9.17, 15) is 0 Å². The Morgan fingerprint density at radius 1 is 1.16 bits per heavy atom. The number of aryl methyl sites for hydroxylation is 1. The van der Waals surface area contributed by atoms with Crippen LogP contribution in [-0.2, 0) is 6.42 Å². The minimum atomic E-state index is 0.857. The van der Waals surface area contributed by atoms with Crippen molar-refractivity contribution in [2.24, 2.45) is 0 Å². The summed E-state index contributed by atoms with van der Waals surface area (Å²) in [6.45, 7) is 5.22. The fourth-order valence-electron chi connectivity index (χ4n) is 1.72. The van der Waals surface area contributed by atoms with Crippen molar-refractivity contribution in [3.8, 4) is 0 Å². The van der Waals surface area contributed by atoms with Gasteiger partial charge in [0.25, 0.3) is 0 Å². The quantitative estimate of drug-likeness (QED) is 0.801. The largest absolute Gasteiger partial charge is 0.370 e. The smallest absolute Gasteiger partial charge is 0.136 e. The highest BCUT2D eigenvalue weighted by Gasteiger charge is 2.04. The summed E-state index contributed by atoms with van der Waals surface area (Å²) in [6, 6.07) is 4.01. The average molecular weight is 276 g/mol. The Labute approximate surface area is 118 Å². The maximum atomic E-state index is 4.55. The second-order valence-electron chi connectivity index (χ2n) is 4.37. The van der Waals surface area contributed by atoms with Crippen LogP contribution in [0.4, 0.5) is 17.3 Å². The third-order valence-corrected chi connectivity index (χ3v) is 3.28. The lowest BCUT2D eigenvalue weighted by molar-refractivity contribution is 0.834. The van der Waals surface area contributed by atoms with Crippen LogP contribution in [0.15, 0.2) is 22.9 Å². The molecule has 0 amide bonds. The first-order valence-corrected chi connectivity index (χ1v) is 7.67. The van der Waals surface area contributed by atoms with Crippen LogP contribution in [-0.4, -0.2) is 16.5 Å². The Balaban J connectivity index is 2.17. The zero-order chi connectivity index (χ0) is 13.5. The van der Waals surface area contributed by atoms with E-state index in [0.717, 1.165) is 49.0 Å². The molecule has 4 nitrogen and oxygen atoms in total. The van der Waals surface area contributed by atoms with Gasteiger partial charge in [0.05, 0.1) is 5.69 Å². The Morgan fingerprint density at radius 2 is 2.00 bits per heavy atom. The van der Waals surface area contributed by atoms with Crippen molar-refractivity contribution in [2.75, 3.05) is 17.2 Å². The number of aromatic nitrogens is 2. The predicted octanol–water partition coefficient (Wildman–Crippen LogP) is 4.06. The summed E-state index contributed by atoms with van der Waals surface area (Å²) >= 11 is 1.67. The fraction of sp³-hybridized carbons (Fsp3) is 0.429. The van der Waals surface area contributed by atoms with Gasteiger partial charge in [-0.05, 0) is 24.3 Å². The zero-order valence-electron chi connectivity index (χ0n) is 11.4. The third-order valence-electron chi connectivity index (χ3n) is 2.60. The lowest BCUT2D eigenvalue weighted by Crippen LogP contribution is -2.07. The van der Waals surface area contributed by atoms with Gasteiger partial charge in [0.1, 0.15) is 17.5 Å². The van der Waals surface area contributed by atoms with Gasteiger partial charge in [-0.15, -0.1) is 0 Å². The SMILES string of the molecule is CCCNc1cc(Nc2ccsc2)nc(CCC)n1. The second kappa shape index (κ2) is 7.09. The summed E-state index contributed by atoms with van der Waals surface area (Å²) in [6.07, 6.45) is 3.04. The first kappa shape index (κ1) is 13.8. The van der Waals surface area contributed by atoms with Crippen LogP contribution in [0.5, 0.6) is 0 Å². The molecule has 0 saturated carbocycles. The minimum Gasteiger partial charge on any atom is -0.370 e. The minimum absolute atomic E-state index is 0.857. The maximum Gasteiger partial charge on any atom is 0.136 e. The molecule has 2 aromatic heterocycles. The van der Waals surface area contributed by atoms with E-state index in [0.29, 0.717) is 0 Å². The summed E-state index contributed by atoms with van der Waals surface area (Å²) in [4.78, 5) is 9.08. The average Bonchev–Trinajstić information content (AvgIpc) is 2.89. The van der Waals surface area contributed by atoms with E-state index in [4.69, 9.17) is 0 Å². The second-order valence-corrected chi connectivity index (χ2v) is 5.15. The van der Waals surface area contributed by atoms with Crippen molar-refractivity contribution >= 4 is 28.7 Å². The number of hydrogen-bond acceptors (Lipinski definition) is 5. The fourth-order valence-corrected chi connectivity index (χ4v) is 2.31. The summed E-state index contributed by atoms with van der Waals surface area (Å²) < 4.78 is 0. The van der Waals surface area contributed by atoms with E-state index >= 15 is 0 Å². The molecule has 0 saturated heterocycles. The van der Waals surface area contributed by atoms with Crippen molar-refractivity contribution in [3.63, 3.8) is 0 Å². The molecular formula is C14H20N4S. The topological polar surface area (TPSA) is 49.8 Å². The van der Waals surface area contributed by atoms with E-state index in [2.05, 4.69) is 39.8 Å². The van der Waals surface area contributed by atoms with E-state index < -0.39 is 0 Å². The van der Waals surface area contributed by atoms with Gasteiger partial charge in [0.2, 0.25) is 0 Å². The number of thiophene rings is 1. The van der Waals surface area contributed by atoms with Crippen molar-refractivity contribution < 1.29 is 0 Å².